The molecule has 0 fully saturated rings. The summed E-state index contributed by atoms with van der Waals surface area (Å²) in [6, 6.07) is 5.67. The summed E-state index contributed by atoms with van der Waals surface area (Å²) >= 11 is 9.28. The summed E-state index contributed by atoms with van der Waals surface area (Å²) in [6.45, 7) is 2.05. The summed E-state index contributed by atoms with van der Waals surface area (Å²) in [5.41, 5.74) is 4.90. The Kier molecular flexibility index (Phi) is 6.45. The SMILES string of the molecule is NCCCl.Sc1ccc2c(c1)OCCCO2. The molecule has 0 saturated carbocycles. The van der Waals surface area contributed by atoms with Gasteiger partial charge in [-0.2, -0.15) is 0 Å². The molecule has 0 spiro atoms. The van der Waals surface area contributed by atoms with Gasteiger partial charge in [0.15, 0.2) is 11.5 Å². The Bertz CT molecular complexity index is 321. The Morgan fingerprint density at radius 1 is 1.25 bits per heavy atom. The molecule has 3 nitrogen and oxygen atoms in total. The second-order valence-corrected chi connectivity index (χ2v) is 4.05. The van der Waals surface area contributed by atoms with Crippen molar-refractivity contribution in [1.82, 2.24) is 0 Å². The minimum Gasteiger partial charge on any atom is -0.490 e. The van der Waals surface area contributed by atoms with Crippen molar-refractivity contribution in [3.05, 3.63) is 18.2 Å². The minimum atomic E-state index is 0.569. The van der Waals surface area contributed by atoms with E-state index in [0.29, 0.717) is 12.4 Å². The van der Waals surface area contributed by atoms with E-state index in [0.717, 1.165) is 36.0 Å². The minimum absolute atomic E-state index is 0.569. The van der Waals surface area contributed by atoms with Crippen molar-refractivity contribution in [2.45, 2.75) is 11.3 Å². The molecule has 0 unspecified atom stereocenters. The van der Waals surface area contributed by atoms with E-state index in [2.05, 4.69) is 12.6 Å². The van der Waals surface area contributed by atoms with Crippen molar-refractivity contribution in [3.63, 3.8) is 0 Å². The van der Waals surface area contributed by atoms with Gasteiger partial charge < -0.3 is 15.2 Å². The van der Waals surface area contributed by atoms with E-state index in [1.54, 1.807) is 0 Å². The van der Waals surface area contributed by atoms with Crippen molar-refractivity contribution in [3.8, 4) is 11.5 Å². The van der Waals surface area contributed by atoms with Gasteiger partial charge in [-0.3, -0.25) is 0 Å². The maximum atomic E-state index is 5.46. The molecule has 90 valence electrons. The monoisotopic (exact) mass is 261 g/mol. The third-order valence-electron chi connectivity index (χ3n) is 1.84. The van der Waals surface area contributed by atoms with Crippen LogP contribution in [0.4, 0.5) is 0 Å². The van der Waals surface area contributed by atoms with E-state index >= 15 is 0 Å². The number of benzene rings is 1. The molecule has 0 aromatic heterocycles. The molecule has 0 saturated heterocycles. The highest BCUT2D eigenvalue weighted by atomic mass is 35.5. The highest BCUT2D eigenvalue weighted by molar-refractivity contribution is 7.80. The van der Waals surface area contributed by atoms with Crippen LogP contribution in [0.3, 0.4) is 0 Å². The molecule has 16 heavy (non-hydrogen) atoms. The van der Waals surface area contributed by atoms with Gasteiger partial charge in [0.2, 0.25) is 0 Å². The summed E-state index contributed by atoms with van der Waals surface area (Å²) in [4.78, 5) is 0.902. The fraction of sp³-hybridized carbons (Fsp3) is 0.455. The van der Waals surface area contributed by atoms with Crippen LogP contribution in [0.15, 0.2) is 23.1 Å². The number of hydrogen-bond donors (Lipinski definition) is 2. The molecule has 1 aromatic rings. The zero-order chi connectivity index (χ0) is 11.8. The van der Waals surface area contributed by atoms with E-state index in [9.17, 15) is 0 Å². The smallest absolute Gasteiger partial charge is 0.162 e. The zero-order valence-corrected chi connectivity index (χ0v) is 10.6. The number of rotatable bonds is 1. The van der Waals surface area contributed by atoms with Gasteiger partial charge >= 0.3 is 0 Å². The molecule has 0 radical (unpaired) electrons. The van der Waals surface area contributed by atoms with Crippen molar-refractivity contribution >= 4 is 24.2 Å². The molecule has 2 rings (SSSR count). The molecule has 1 aromatic carbocycles. The largest absolute Gasteiger partial charge is 0.490 e. The van der Waals surface area contributed by atoms with Crippen molar-refractivity contribution < 1.29 is 9.47 Å². The summed E-state index contributed by atoms with van der Waals surface area (Å²) in [6.07, 6.45) is 0.941. The van der Waals surface area contributed by atoms with Gasteiger partial charge in [0, 0.05) is 23.7 Å². The van der Waals surface area contributed by atoms with Crippen LogP contribution < -0.4 is 15.2 Å². The van der Waals surface area contributed by atoms with Gasteiger partial charge in [0.25, 0.3) is 0 Å². The predicted molar refractivity (Wildman–Crippen MR) is 69.1 cm³/mol. The Labute approximate surface area is 106 Å². The van der Waals surface area contributed by atoms with Crippen molar-refractivity contribution in [2.75, 3.05) is 25.6 Å². The van der Waals surface area contributed by atoms with Crippen LogP contribution in [0.25, 0.3) is 0 Å². The van der Waals surface area contributed by atoms with Gasteiger partial charge in [-0.05, 0) is 18.2 Å². The Morgan fingerprint density at radius 2 is 1.88 bits per heavy atom. The van der Waals surface area contributed by atoms with Gasteiger partial charge in [-0.1, -0.05) is 0 Å². The molecule has 1 aliphatic heterocycles. The maximum Gasteiger partial charge on any atom is 0.162 e. The van der Waals surface area contributed by atoms with Crippen LogP contribution in [0, 0.1) is 0 Å². The Hall–Kier alpha value is -0.580. The van der Waals surface area contributed by atoms with Crippen LogP contribution in [-0.4, -0.2) is 25.6 Å². The number of alkyl halides is 1. The van der Waals surface area contributed by atoms with Crippen LogP contribution >= 0.6 is 24.2 Å². The first kappa shape index (κ1) is 13.5. The molecule has 0 amide bonds. The highest BCUT2D eigenvalue weighted by Crippen LogP contribution is 2.31. The number of halogens is 1. The van der Waals surface area contributed by atoms with Gasteiger partial charge in [0.05, 0.1) is 13.2 Å². The molecular formula is C11H16ClNO2S. The zero-order valence-electron chi connectivity index (χ0n) is 8.99. The summed E-state index contributed by atoms with van der Waals surface area (Å²) in [5, 5.41) is 0. The second-order valence-electron chi connectivity index (χ2n) is 3.16. The molecular weight excluding hydrogens is 246 g/mol. The first-order chi connectivity index (χ1) is 7.77. The van der Waals surface area contributed by atoms with Crippen LogP contribution in [0.5, 0.6) is 11.5 Å². The average molecular weight is 262 g/mol. The number of hydrogen-bond acceptors (Lipinski definition) is 4. The fourth-order valence-electron chi connectivity index (χ4n) is 1.15. The van der Waals surface area contributed by atoms with Gasteiger partial charge in [-0.25, -0.2) is 0 Å². The van der Waals surface area contributed by atoms with Crippen LogP contribution in [0.1, 0.15) is 6.42 Å². The van der Waals surface area contributed by atoms with E-state index in [-0.39, 0.29) is 0 Å². The van der Waals surface area contributed by atoms with Crippen LogP contribution in [-0.2, 0) is 0 Å². The Morgan fingerprint density at radius 3 is 2.50 bits per heavy atom. The third-order valence-corrected chi connectivity index (χ3v) is 2.34. The lowest BCUT2D eigenvalue weighted by Crippen LogP contribution is -1.97. The first-order valence-corrected chi connectivity index (χ1v) is 6.10. The topological polar surface area (TPSA) is 44.5 Å². The van der Waals surface area contributed by atoms with Crippen molar-refractivity contribution in [2.24, 2.45) is 5.73 Å². The van der Waals surface area contributed by atoms with Crippen molar-refractivity contribution in [1.29, 1.82) is 0 Å². The number of ether oxygens (including phenoxy) is 2. The lowest BCUT2D eigenvalue weighted by atomic mass is 10.3. The number of fused-ring (bicyclic) bond motifs is 1. The molecule has 5 heteroatoms. The molecule has 1 heterocycles. The van der Waals surface area contributed by atoms with Gasteiger partial charge in [0.1, 0.15) is 0 Å². The summed E-state index contributed by atoms with van der Waals surface area (Å²) < 4.78 is 10.9. The van der Waals surface area contributed by atoms with E-state index in [4.69, 9.17) is 26.8 Å². The predicted octanol–water partition coefficient (Wildman–Crippen LogP) is 2.32. The third kappa shape index (κ3) is 4.51. The molecule has 0 atom stereocenters. The molecule has 1 aliphatic rings. The molecule has 0 aliphatic carbocycles. The average Bonchev–Trinajstić information content (AvgIpc) is 2.54. The maximum absolute atomic E-state index is 5.46. The highest BCUT2D eigenvalue weighted by Gasteiger charge is 2.08. The van der Waals surface area contributed by atoms with Gasteiger partial charge in [-0.15, -0.1) is 24.2 Å². The van der Waals surface area contributed by atoms with E-state index < -0.39 is 0 Å². The second kappa shape index (κ2) is 7.65. The lowest BCUT2D eigenvalue weighted by Gasteiger charge is -2.06. The van der Waals surface area contributed by atoms with Crippen LogP contribution in [0.2, 0.25) is 0 Å². The number of thiol groups is 1. The normalized spacial score (nSPS) is 13.4. The quantitative estimate of drug-likeness (QED) is 0.602. The standard InChI is InChI=1S/C9H10O2S.C2H6ClN/c12-7-2-3-8-9(6-7)11-5-1-4-10-8;3-1-2-4/h2-3,6,12H,1,4-5H2;1-2,4H2. The molecule has 2 N–H and O–H groups in total. The summed E-state index contributed by atoms with van der Waals surface area (Å²) in [7, 11) is 0. The number of nitrogens with two attached hydrogens (primary N) is 1. The fourth-order valence-corrected chi connectivity index (χ4v) is 1.34. The molecule has 0 bridgehead atoms. The lowest BCUT2D eigenvalue weighted by molar-refractivity contribution is 0.297. The van der Waals surface area contributed by atoms with E-state index in [1.165, 1.54) is 0 Å². The van der Waals surface area contributed by atoms with E-state index in [1.807, 2.05) is 18.2 Å². The first-order valence-electron chi connectivity index (χ1n) is 5.12. The Balaban J connectivity index is 0.000000280. The summed E-state index contributed by atoms with van der Waals surface area (Å²) in [5.74, 6) is 2.20.